The summed E-state index contributed by atoms with van der Waals surface area (Å²) in [6, 6.07) is 46.4. The molecular formula is C43H26N4O. The summed E-state index contributed by atoms with van der Waals surface area (Å²) in [5, 5.41) is 28.4. The summed E-state index contributed by atoms with van der Waals surface area (Å²) in [5.74, 6) is 1.15. The minimum Gasteiger partial charge on any atom is -0.460 e. The third kappa shape index (κ3) is 3.43. The van der Waals surface area contributed by atoms with E-state index in [4.69, 9.17) is 4.42 Å². The van der Waals surface area contributed by atoms with Gasteiger partial charge >= 0.3 is 0 Å². The van der Waals surface area contributed by atoms with E-state index in [2.05, 4.69) is 107 Å². The Bertz CT molecular complexity index is 2920. The number of rotatable bonds is 2. The van der Waals surface area contributed by atoms with Gasteiger partial charge in [-0.15, -0.1) is 0 Å². The van der Waals surface area contributed by atoms with Crippen LogP contribution in [0.5, 0.6) is 0 Å². The molecule has 0 saturated carbocycles. The van der Waals surface area contributed by atoms with Gasteiger partial charge in [0.05, 0.1) is 44.7 Å². The Kier molecular flexibility index (Phi) is 5.40. The molecule has 1 unspecified atom stereocenters. The molecule has 0 saturated heterocycles. The summed E-state index contributed by atoms with van der Waals surface area (Å²) in [7, 11) is 0. The van der Waals surface area contributed by atoms with E-state index in [9.17, 15) is 10.5 Å². The van der Waals surface area contributed by atoms with E-state index < -0.39 is 0 Å². The lowest BCUT2D eigenvalue weighted by Gasteiger charge is -2.22. The summed E-state index contributed by atoms with van der Waals surface area (Å²) in [6.45, 7) is 2.22. The number of nitriles is 2. The van der Waals surface area contributed by atoms with Gasteiger partial charge in [0.25, 0.3) is 0 Å². The van der Waals surface area contributed by atoms with Crippen LogP contribution in [-0.4, -0.2) is 9.13 Å². The maximum Gasteiger partial charge on any atom is 0.135 e. The molecule has 6 aromatic carbocycles. The number of nitrogens with zero attached hydrogens (tertiary/aromatic N) is 4. The van der Waals surface area contributed by atoms with Crippen molar-refractivity contribution in [3.63, 3.8) is 0 Å². The number of fused-ring (bicyclic) bond motifs is 12. The van der Waals surface area contributed by atoms with Crippen LogP contribution in [-0.2, 0) is 6.42 Å². The second-order valence-corrected chi connectivity index (χ2v) is 12.8. The van der Waals surface area contributed by atoms with Gasteiger partial charge in [-0.25, -0.2) is 0 Å². The molecule has 48 heavy (non-hydrogen) atoms. The lowest BCUT2D eigenvalue weighted by Crippen LogP contribution is -2.10. The average molecular weight is 615 g/mol. The zero-order valence-corrected chi connectivity index (χ0v) is 26.0. The van der Waals surface area contributed by atoms with Crippen molar-refractivity contribution < 1.29 is 4.42 Å². The topological polar surface area (TPSA) is 70.6 Å². The monoisotopic (exact) mass is 614 g/mol. The molecule has 9 aromatic rings. The van der Waals surface area contributed by atoms with Crippen molar-refractivity contribution in [1.29, 1.82) is 10.5 Å². The highest BCUT2D eigenvalue weighted by Gasteiger charge is 2.34. The summed E-state index contributed by atoms with van der Waals surface area (Å²) < 4.78 is 10.8. The summed E-state index contributed by atoms with van der Waals surface area (Å²) >= 11 is 0. The molecule has 0 bridgehead atoms. The first kappa shape index (κ1) is 26.6. The van der Waals surface area contributed by atoms with E-state index >= 15 is 0 Å². The Morgan fingerprint density at radius 1 is 0.625 bits per heavy atom. The van der Waals surface area contributed by atoms with Crippen molar-refractivity contribution in [3.05, 3.63) is 144 Å². The first-order valence-corrected chi connectivity index (χ1v) is 16.2. The SMILES string of the molecule is CC1Cc2c(n(-c3cc(C#N)c(-n4c5ccccc5c5c6ccccc6ccc54)cc3C#N)c3ccccc23)-c2c1oc1ccccc21. The number of aromatic nitrogens is 2. The molecule has 10 rings (SSSR count). The molecule has 0 N–H and O–H groups in total. The molecule has 3 aromatic heterocycles. The van der Waals surface area contributed by atoms with Gasteiger partial charge < -0.3 is 13.6 Å². The van der Waals surface area contributed by atoms with Crippen molar-refractivity contribution in [3.8, 4) is 34.8 Å². The van der Waals surface area contributed by atoms with Crippen LogP contribution in [0.3, 0.4) is 0 Å². The molecule has 0 radical (unpaired) electrons. The smallest absolute Gasteiger partial charge is 0.135 e. The first-order valence-electron chi connectivity index (χ1n) is 16.2. The molecule has 0 aliphatic heterocycles. The van der Waals surface area contributed by atoms with Gasteiger partial charge in [-0.3, -0.25) is 0 Å². The van der Waals surface area contributed by atoms with E-state index in [0.717, 1.165) is 77.9 Å². The van der Waals surface area contributed by atoms with Crippen molar-refractivity contribution in [2.75, 3.05) is 0 Å². The average Bonchev–Trinajstić information content (AvgIpc) is 3.79. The number of para-hydroxylation sites is 3. The molecule has 224 valence electrons. The minimum atomic E-state index is 0.193. The zero-order valence-electron chi connectivity index (χ0n) is 26.0. The molecular weight excluding hydrogens is 589 g/mol. The standard InChI is InChI=1S/C43H26N4O/c1-25-20-33-30-12-4-7-15-34(30)47(42(33)41-32-14-6-9-17-39(32)48-43(25)41)38-22-27(23-44)37(21-28(38)24-45)46-35-16-8-5-13-31(35)40-29-11-3-2-10-26(29)18-19-36(40)46/h2-19,21-22,25H,20H2,1H3. The fourth-order valence-corrected chi connectivity index (χ4v) is 8.21. The van der Waals surface area contributed by atoms with Crippen molar-refractivity contribution >= 4 is 54.5 Å². The van der Waals surface area contributed by atoms with Crippen LogP contribution in [0.1, 0.15) is 35.3 Å². The Morgan fingerprint density at radius 3 is 1.98 bits per heavy atom. The highest BCUT2D eigenvalue weighted by molar-refractivity contribution is 6.21. The third-order valence-corrected chi connectivity index (χ3v) is 10.2. The normalized spacial score (nSPS) is 14.0. The van der Waals surface area contributed by atoms with Crippen molar-refractivity contribution in [1.82, 2.24) is 9.13 Å². The number of furan rings is 1. The number of hydrogen-bond acceptors (Lipinski definition) is 3. The molecule has 0 fully saturated rings. The molecule has 5 heteroatoms. The molecule has 1 aliphatic rings. The fourth-order valence-electron chi connectivity index (χ4n) is 8.21. The largest absolute Gasteiger partial charge is 0.460 e. The van der Waals surface area contributed by atoms with Gasteiger partial charge in [-0.05, 0) is 59.2 Å². The van der Waals surface area contributed by atoms with E-state index in [-0.39, 0.29) is 5.92 Å². The first-order chi connectivity index (χ1) is 23.7. The maximum absolute atomic E-state index is 10.8. The van der Waals surface area contributed by atoms with Crippen LogP contribution in [0, 0.1) is 22.7 Å². The number of hydrogen-bond donors (Lipinski definition) is 0. The highest BCUT2D eigenvalue weighted by Crippen LogP contribution is 2.50. The van der Waals surface area contributed by atoms with Gasteiger partial charge in [0.15, 0.2) is 0 Å². The molecule has 1 aliphatic carbocycles. The Labute approximate surface area is 275 Å². The second kappa shape index (κ2) is 9.72. The molecule has 3 heterocycles. The van der Waals surface area contributed by atoms with Crippen LogP contribution < -0.4 is 0 Å². The Hall–Kier alpha value is -6.56. The Morgan fingerprint density at radius 2 is 1.23 bits per heavy atom. The Balaban J connectivity index is 1.31. The van der Waals surface area contributed by atoms with E-state index in [1.807, 2.05) is 42.5 Å². The molecule has 1 atom stereocenters. The predicted molar refractivity (Wildman–Crippen MR) is 192 cm³/mol. The van der Waals surface area contributed by atoms with E-state index in [0.29, 0.717) is 22.5 Å². The lowest BCUT2D eigenvalue weighted by molar-refractivity contribution is 0.502. The predicted octanol–water partition coefficient (Wildman–Crippen LogP) is 10.7. The minimum absolute atomic E-state index is 0.193. The van der Waals surface area contributed by atoms with Crippen LogP contribution in [0.4, 0.5) is 0 Å². The molecule has 0 amide bonds. The van der Waals surface area contributed by atoms with Gasteiger partial charge in [0.2, 0.25) is 0 Å². The third-order valence-electron chi connectivity index (χ3n) is 10.2. The van der Waals surface area contributed by atoms with E-state index in [1.54, 1.807) is 0 Å². The van der Waals surface area contributed by atoms with Crippen LogP contribution in [0.15, 0.2) is 126 Å². The van der Waals surface area contributed by atoms with Crippen molar-refractivity contribution in [2.45, 2.75) is 19.3 Å². The maximum atomic E-state index is 10.8. The van der Waals surface area contributed by atoms with Crippen LogP contribution in [0.2, 0.25) is 0 Å². The van der Waals surface area contributed by atoms with Gasteiger partial charge in [-0.2, -0.15) is 10.5 Å². The summed E-state index contributed by atoms with van der Waals surface area (Å²) in [4.78, 5) is 0. The zero-order chi connectivity index (χ0) is 32.1. The second-order valence-electron chi connectivity index (χ2n) is 12.8. The van der Waals surface area contributed by atoms with E-state index in [1.165, 1.54) is 5.56 Å². The van der Waals surface area contributed by atoms with Crippen molar-refractivity contribution in [2.24, 2.45) is 0 Å². The molecule has 0 spiro atoms. The molecule has 5 nitrogen and oxygen atoms in total. The van der Waals surface area contributed by atoms with Crippen LogP contribution >= 0.6 is 0 Å². The summed E-state index contributed by atoms with van der Waals surface area (Å²) in [6.07, 6.45) is 0.816. The van der Waals surface area contributed by atoms with Gasteiger partial charge in [0.1, 0.15) is 23.5 Å². The fraction of sp³-hybridized carbons (Fsp3) is 0.0698. The number of benzene rings is 6. The van der Waals surface area contributed by atoms with Gasteiger partial charge in [-0.1, -0.05) is 91.9 Å². The lowest BCUT2D eigenvalue weighted by atomic mass is 9.85. The van der Waals surface area contributed by atoms with Gasteiger partial charge in [0, 0.05) is 33.0 Å². The summed E-state index contributed by atoms with van der Waals surface area (Å²) in [5.41, 5.74) is 9.54. The highest BCUT2D eigenvalue weighted by atomic mass is 16.3. The van der Waals surface area contributed by atoms with Crippen LogP contribution in [0.25, 0.3) is 77.1 Å². The quantitative estimate of drug-likeness (QED) is 0.194.